The highest BCUT2D eigenvalue weighted by molar-refractivity contribution is 5.48. The molecule has 15 heavy (non-hydrogen) atoms. The lowest BCUT2D eigenvalue weighted by Gasteiger charge is -2.06. The molecule has 2 rings (SSSR count). The fourth-order valence-electron chi connectivity index (χ4n) is 1.56. The van der Waals surface area contributed by atoms with Crippen LogP contribution in [0.5, 0.6) is 0 Å². The zero-order valence-electron chi connectivity index (χ0n) is 8.77. The van der Waals surface area contributed by atoms with E-state index in [1.54, 1.807) is 6.20 Å². The molecule has 2 heteroatoms. The first-order valence-corrected chi connectivity index (χ1v) is 5.01. The van der Waals surface area contributed by atoms with E-state index in [4.69, 9.17) is 5.73 Å². The van der Waals surface area contributed by atoms with Gasteiger partial charge in [0.1, 0.15) is 0 Å². The summed E-state index contributed by atoms with van der Waals surface area (Å²) in [6.45, 7) is 2.01. The van der Waals surface area contributed by atoms with Crippen LogP contribution in [-0.2, 0) is 6.42 Å². The molecular formula is C13H14N2. The van der Waals surface area contributed by atoms with E-state index in [9.17, 15) is 0 Å². The topological polar surface area (TPSA) is 38.9 Å². The summed E-state index contributed by atoms with van der Waals surface area (Å²) in [5.41, 5.74) is 10.1. The van der Waals surface area contributed by atoms with E-state index in [0.717, 1.165) is 23.4 Å². The summed E-state index contributed by atoms with van der Waals surface area (Å²) in [4.78, 5) is 4.35. The molecule has 0 spiro atoms. The van der Waals surface area contributed by atoms with Gasteiger partial charge in [-0.1, -0.05) is 30.3 Å². The number of benzene rings is 1. The molecule has 0 aliphatic heterocycles. The first kappa shape index (κ1) is 9.71. The van der Waals surface area contributed by atoms with E-state index >= 15 is 0 Å². The van der Waals surface area contributed by atoms with Crippen molar-refractivity contribution in [2.45, 2.75) is 13.3 Å². The smallest absolute Gasteiger partial charge is 0.0497 e. The third kappa shape index (κ3) is 2.15. The van der Waals surface area contributed by atoms with Gasteiger partial charge in [0, 0.05) is 24.0 Å². The summed E-state index contributed by atoms with van der Waals surface area (Å²) in [5, 5.41) is 0. The van der Waals surface area contributed by atoms with Crippen LogP contribution >= 0.6 is 0 Å². The van der Waals surface area contributed by atoms with Crippen molar-refractivity contribution in [3.8, 4) is 0 Å². The zero-order valence-corrected chi connectivity index (χ0v) is 8.77. The minimum absolute atomic E-state index is 0.816. The molecule has 0 unspecified atom stereocenters. The Labute approximate surface area is 89.8 Å². The third-order valence-electron chi connectivity index (χ3n) is 2.56. The number of aromatic nitrogens is 1. The summed E-state index contributed by atoms with van der Waals surface area (Å²) >= 11 is 0. The Morgan fingerprint density at radius 3 is 2.60 bits per heavy atom. The number of rotatable bonds is 2. The SMILES string of the molecule is Cc1c(N)ccnc1Cc1ccccc1. The maximum Gasteiger partial charge on any atom is 0.0497 e. The van der Waals surface area contributed by atoms with Crippen molar-refractivity contribution in [2.75, 3.05) is 5.73 Å². The third-order valence-corrected chi connectivity index (χ3v) is 2.56. The molecule has 2 nitrogen and oxygen atoms in total. The fourth-order valence-corrected chi connectivity index (χ4v) is 1.56. The van der Waals surface area contributed by atoms with Crippen molar-refractivity contribution in [2.24, 2.45) is 0 Å². The highest BCUT2D eigenvalue weighted by atomic mass is 14.7. The van der Waals surface area contributed by atoms with Crippen LogP contribution in [0.15, 0.2) is 42.6 Å². The van der Waals surface area contributed by atoms with Crippen molar-refractivity contribution in [1.82, 2.24) is 4.98 Å². The second-order valence-electron chi connectivity index (χ2n) is 3.63. The first-order valence-electron chi connectivity index (χ1n) is 5.01. The average molecular weight is 198 g/mol. The Bertz CT molecular complexity index is 449. The molecular weight excluding hydrogens is 184 g/mol. The predicted octanol–water partition coefficient (Wildman–Crippen LogP) is 2.56. The number of pyridine rings is 1. The number of nitrogens with zero attached hydrogens (tertiary/aromatic N) is 1. The van der Waals surface area contributed by atoms with Gasteiger partial charge in [0.25, 0.3) is 0 Å². The summed E-state index contributed by atoms with van der Waals surface area (Å²) in [5.74, 6) is 0. The molecule has 0 saturated carbocycles. The first-order chi connectivity index (χ1) is 7.27. The van der Waals surface area contributed by atoms with Gasteiger partial charge in [0.2, 0.25) is 0 Å². The number of hydrogen-bond donors (Lipinski definition) is 1. The predicted molar refractivity (Wildman–Crippen MR) is 62.6 cm³/mol. The van der Waals surface area contributed by atoms with Gasteiger partial charge in [-0.05, 0) is 24.1 Å². The maximum absolute atomic E-state index is 5.83. The second kappa shape index (κ2) is 4.13. The Hall–Kier alpha value is -1.83. The lowest BCUT2D eigenvalue weighted by Crippen LogP contribution is -1.99. The maximum atomic E-state index is 5.83. The summed E-state index contributed by atoms with van der Waals surface area (Å²) in [7, 11) is 0. The minimum Gasteiger partial charge on any atom is -0.398 e. The molecule has 0 saturated heterocycles. The standard InChI is InChI=1S/C13H14N2/c1-10-12(14)7-8-15-13(10)9-11-5-3-2-4-6-11/h2-8H,9H2,1H3,(H2,14,15). The molecule has 1 aromatic carbocycles. The monoisotopic (exact) mass is 198 g/mol. The molecule has 0 aliphatic carbocycles. The Kier molecular flexibility index (Phi) is 2.68. The molecule has 0 amide bonds. The Morgan fingerprint density at radius 1 is 1.13 bits per heavy atom. The van der Waals surface area contributed by atoms with Crippen molar-refractivity contribution < 1.29 is 0 Å². The Morgan fingerprint density at radius 2 is 1.87 bits per heavy atom. The van der Waals surface area contributed by atoms with Crippen LogP contribution in [0.1, 0.15) is 16.8 Å². The number of anilines is 1. The zero-order chi connectivity index (χ0) is 10.7. The van der Waals surface area contributed by atoms with Gasteiger partial charge in [-0.3, -0.25) is 4.98 Å². The molecule has 0 aliphatic rings. The van der Waals surface area contributed by atoms with E-state index in [2.05, 4.69) is 17.1 Å². The summed E-state index contributed by atoms with van der Waals surface area (Å²) < 4.78 is 0. The van der Waals surface area contributed by atoms with E-state index in [-0.39, 0.29) is 0 Å². The van der Waals surface area contributed by atoms with Gasteiger partial charge >= 0.3 is 0 Å². The van der Waals surface area contributed by atoms with Gasteiger partial charge in [-0.15, -0.1) is 0 Å². The van der Waals surface area contributed by atoms with Gasteiger partial charge in [-0.25, -0.2) is 0 Å². The molecule has 0 fully saturated rings. The van der Waals surface area contributed by atoms with Gasteiger partial charge in [-0.2, -0.15) is 0 Å². The van der Waals surface area contributed by atoms with Crippen molar-refractivity contribution in [3.63, 3.8) is 0 Å². The summed E-state index contributed by atoms with van der Waals surface area (Å²) in [6, 6.07) is 12.1. The largest absolute Gasteiger partial charge is 0.398 e. The van der Waals surface area contributed by atoms with Gasteiger partial charge in [0.15, 0.2) is 0 Å². The van der Waals surface area contributed by atoms with Crippen molar-refractivity contribution >= 4 is 5.69 Å². The Balaban J connectivity index is 2.29. The van der Waals surface area contributed by atoms with Crippen molar-refractivity contribution in [3.05, 3.63) is 59.4 Å². The van der Waals surface area contributed by atoms with Crippen LogP contribution < -0.4 is 5.73 Å². The van der Waals surface area contributed by atoms with Crippen LogP contribution in [0, 0.1) is 6.92 Å². The molecule has 2 N–H and O–H groups in total. The molecule has 0 radical (unpaired) electrons. The minimum atomic E-state index is 0.816. The number of nitrogens with two attached hydrogens (primary N) is 1. The van der Waals surface area contributed by atoms with Crippen LogP contribution in [-0.4, -0.2) is 4.98 Å². The summed E-state index contributed by atoms with van der Waals surface area (Å²) in [6.07, 6.45) is 2.61. The fraction of sp³-hybridized carbons (Fsp3) is 0.154. The molecule has 1 heterocycles. The molecule has 2 aromatic rings. The average Bonchev–Trinajstić information content (AvgIpc) is 2.26. The van der Waals surface area contributed by atoms with E-state index in [1.807, 2.05) is 31.2 Å². The lowest BCUT2D eigenvalue weighted by atomic mass is 10.1. The van der Waals surface area contributed by atoms with Gasteiger partial charge < -0.3 is 5.73 Å². The highest BCUT2D eigenvalue weighted by Crippen LogP contribution is 2.16. The highest BCUT2D eigenvalue weighted by Gasteiger charge is 2.03. The van der Waals surface area contributed by atoms with Crippen LogP contribution in [0.2, 0.25) is 0 Å². The van der Waals surface area contributed by atoms with Gasteiger partial charge in [0.05, 0.1) is 0 Å². The molecule has 76 valence electrons. The van der Waals surface area contributed by atoms with Crippen LogP contribution in [0.4, 0.5) is 5.69 Å². The molecule has 0 atom stereocenters. The van der Waals surface area contributed by atoms with Crippen molar-refractivity contribution in [1.29, 1.82) is 0 Å². The molecule has 0 bridgehead atoms. The van der Waals surface area contributed by atoms with E-state index in [0.29, 0.717) is 0 Å². The quantitative estimate of drug-likeness (QED) is 0.805. The molecule has 1 aromatic heterocycles. The second-order valence-corrected chi connectivity index (χ2v) is 3.63. The number of nitrogen functional groups attached to an aromatic ring is 1. The van der Waals surface area contributed by atoms with E-state index in [1.165, 1.54) is 5.56 Å². The normalized spacial score (nSPS) is 10.2. The number of hydrogen-bond acceptors (Lipinski definition) is 2. The van der Waals surface area contributed by atoms with E-state index < -0.39 is 0 Å². The van der Waals surface area contributed by atoms with Crippen LogP contribution in [0.3, 0.4) is 0 Å². The van der Waals surface area contributed by atoms with Crippen LogP contribution in [0.25, 0.3) is 0 Å². The lowest BCUT2D eigenvalue weighted by molar-refractivity contribution is 1.05.